The number of hydrogen-bond donors (Lipinski definition) is 0. The van der Waals surface area contributed by atoms with Crippen LogP contribution in [0, 0.1) is 6.92 Å². The van der Waals surface area contributed by atoms with Crippen LogP contribution in [-0.4, -0.2) is 29.2 Å². The average molecular weight is 427 g/mol. The van der Waals surface area contributed by atoms with Crippen LogP contribution in [0.4, 0.5) is 0 Å². The first-order valence-electron chi connectivity index (χ1n) is 9.64. The molecule has 0 aromatic heterocycles. The Bertz CT molecular complexity index is 1040. The number of benzene rings is 3. The first-order chi connectivity index (χ1) is 14.4. The topological polar surface area (TPSA) is 61.8 Å². The van der Waals surface area contributed by atoms with Gasteiger partial charge in [-0.1, -0.05) is 42.0 Å². The fraction of sp³-hybridized carbons (Fsp3) is 0.250. The molecular weight excluding hydrogens is 400 g/mol. The summed E-state index contributed by atoms with van der Waals surface area (Å²) in [6, 6.07) is 22.0. The normalized spacial score (nSPS) is 12.4. The smallest absolute Gasteiger partial charge is 0.296 e. The van der Waals surface area contributed by atoms with Crippen molar-refractivity contribution in [2.75, 3.05) is 20.8 Å². The summed E-state index contributed by atoms with van der Waals surface area (Å²) in [6.07, 6.45) is 0.625. The summed E-state index contributed by atoms with van der Waals surface area (Å²) in [5, 5.41) is 0. The lowest BCUT2D eigenvalue weighted by molar-refractivity contribution is 0.290. The molecule has 30 heavy (non-hydrogen) atoms. The van der Waals surface area contributed by atoms with Crippen molar-refractivity contribution in [1.29, 1.82) is 0 Å². The van der Waals surface area contributed by atoms with E-state index in [1.165, 1.54) is 0 Å². The summed E-state index contributed by atoms with van der Waals surface area (Å²) in [5.74, 6) is 1.37. The largest absolute Gasteiger partial charge is 0.497 e. The molecule has 0 saturated carbocycles. The minimum Gasteiger partial charge on any atom is -0.497 e. The van der Waals surface area contributed by atoms with Crippen LogP contribution in [0.2, 0.25) is 0 Å². The van der Waals surface area contributed by atoms with Crippen molar-refractivity contribution in [2.24, 2.45) is 0 Å². The van der Waals surface area contributed by atoms with Crippen LogP contribution < -0.4 is 9.47 Å². The molecule has 0 heterocycles. The number of methoxy groups -OCH3 is 2. The summed E-state index contributed by atoms with van der Waals surface area (Å²) >= 11 is 0. The molecular formula is C24H26O5S. The summed E-state index contributed by atoms with van der Waals surface area (Å²) in [6.45, 7) is 1.94. The predicted molar refractivity (Wildman–Crippen MR) is 117 cm³/mol. The van der Waals surface area contributed by atoms with Crippen LogP contribution in [0.25, 0.3) is 0 Å². The second-order valence-electron chi connectivity index (χ2n) is 7.07. The van der Waals surface area contributed by atoms with Gasteiger partial charge in [-0.3, -0.25) is 4.18 Å². The van der Waals surface area contributed by atoms with Crippen LogP contribution in [0.15, 0.2) is 77.7 Å². The molecule has 0 aliphatic rings. The van der Waals surface area contributed by atoms with Crippen molar-refractivity contribution >= 4 is 10.1 Å². The molecule has 0 aliphatic carbocycles. The van der Waals surface area contributed by atoms with Gasteiger partial charge in [-0.2, -0.15) is 8.42 Å². The zero-order valence-electron chi connectivity index (χ0n) is 17.4. The molecule has 0 amide bonds. The third kappa shape index (κ3) is 5.62. The molecule has 3 aromatic rings. The highest BCUT2D eigenvalue weighted by Crippen LogP contribution is 2.26. The van der Waals surface area contributed by atoms with E-state index in [1.807, 2.05) is 55.5 Å². The van der Waals surface area contributed by atoms with E-state index >= 15 is 0 Å². The second kappa shape index (κ2) is 9.78. The molecule has 0 spiro atoms. The highest BCUT2D eigenvalue weighted by molar-refractivity contribution is 7.86. The Hall–Kier alpha value is -2.83. The van der Waals surface area contributed by atoms with Crippen LogP contribution in [0.3, 0.4) is 0 Å². The van der Waals surface area contributed by atoms with Crippen LogP contribution in [0.5, 0.6) is 11.5 Å². The molecule has 0 saturated heterocycles. The van der Waals surface area contributed by atoms with Gasteiger partial charge >= 0.3 is 0 Å². The van der Waals surface area contributed by atoms with E-state index in [-0.39, 0.29) is 17.4 Å². The molecule has 3 aromatic carbocycles. The zero-order chi connectivity index (χ0) is 21.6. The fourth-order valence-electron chi connectivity index (χ4n) is 3.14. The lowest BCUT2D eigenvalue weighted by Crippen LogP contribution is -2.16. The molecule has 0 radical (unpaired) electrons. The molecule has 3 rings (SSSR count). The number of rotatable bonds is 9. The Balaban J connectivity index is 1.81. The molecule has 0 bridgehead atoms. The molecule has 5 nitrogen and oxygen atoms in total. The number of hydrogen-bond acceptors (Lipinski definition) is 5. The van der Waals surface area contributed by atoms with Gasteiger partial charge in [-0.15, -0.1) is 0 Å². The van der Waals surface area contributed by atoms with Crippen LogP contribution in [-0.2, 0) is 20.7 Å². The van der Waals surface area contributed by atoms with Gasteiger partial charge in [0.1, 0.15) is 11.5 Å². The van der Waals surface area contributed by atoms with E-state index in [0.717, 1.165) is 28.2 Å². The SMILES string of the molecule is COc1ccc(CC(COS(=O)(=O)c2ccc(C)cc2)c2ccc(OC)cc2)cc1. The molecule has 0 N–H and O–H groups in total. The van der Waals surface area contributed by atoms with Gasteiger partial charge in [0.25, 0.3) is 10.1 Å². The van der Waals surface area contributed by atoms with Gasteiger partial charge in [-0.05, 0) is 60.9 Å². The van der Waals surface area contributed by atoms with Crippen molar-refractivity contribution in [2.45, 2.75) is 24.2 Å². The van der Waals surface area contributed by atoms with Gasteiger partial charge in [0.2, 0.25) is 0 Å². The maximum Gasteiger partial charge on any atom is 0.296 e. The first kappa shape index (κ1) is 21.9. The molecule has 1 atom stereocenters. The van der Waals surface area contributed by atoms with Crippen molar-refractivity contribution in [3.05, 3.63) is 89.5 Å². The quantitative estimate of drug-likeness (QED) is 0.462. The molecule has 0 fully saturated rings. The Morgan fingerprint density at radius 2 is 1.30 bits per heavy atom. The lowest BCUT2D eigenvalue weighted by Gasteiger charge is -2.18. The Morgan fingerprint density at radius 3 is 1.83 bits per heavy atom. The Kier molecular flexibility index (Phi) is 7.13. The van der Waals surface area contributed by atoms with Crippen LogP contribution >= 0.6 is 0 Å². The van der Waals surface area contributed by atoms with Crippen molar-refractivity contribution in [1.82, 2.24) is 0 Å². The summed E-state index contributed by atoms with van der Waals surface area (Å²) in [5.41, 5.74) is 3.03. The van der Waals surface area contributed by atoms with E-state index < -0.39 is 10.1 Å². The maximum absolute atomic E-state index is 12.7. The maximum atomic E-state index is 12.7. The van der Waals surface area contributed by atoms with Crippen molar-refractivity contribution in [3.8, 4) is 11.5 Å². The third-order valence-electron chi connectivity index (χ3n) is 4.96. The molecule has 1 unspecified atom stereocenters. The first-order valence-corrected chi connectivity index (χ1v) is 11.0. The molecule has 158 valence electrons. The third-order valence-corrected chi connectivity index (χ3v) is 6.26. The summed E-state index contributed by atoms with van der Waals surface area (Å²) in [7, 11) is -0.604. The van der Waals surface area contributed by atoms with Gasteiger partial charge in [0.15, 0.2) is 0 Å². The van der Waals surface area contributed by atoms with Crippen LogP contribution in [0.1, 0.15) is 22.6 Å². The highest BCUT2D eigenvalue weighted by atomic mass is 32.2. The average Bonchev–Trinajstić information content (AvgIpc) is 2.77. The van der Waals surface area contributed by atoms with E-state index in [1.54, 1.807) is 38.5 Å². The second-order valence-corrected chi connectivity index (χ2v) is 8.69. The fourth-order valence-corrected chi connectivity index (χ4v) is 4.09. The number of aryl methyl sites for hydroxylation is 1. The van der Waals surface area contributed by atoms with Crippen molar-refractivity contribution in [3.63, 3.8) is 0 Å². The molecule has 0 aliphatic heterocycles. The number of ether oxygens (including phenoxy) is 2. The van der Waals surface area contributed by atoms with Gasteiger partial charge < -0.3 is 9.47 Å². The predicted octanol–water partition coefficient (Wildman–Crippen LogP) is 4.74. The van der Waals surface area contributed by atoms with E-state index in [2.05, 4.69) is 0 Å². The molecule has 6 heteroatoms. The highest BCUT2D eigenvalue weighted by Gasteiger charge is 2.20. The standard InChI is InChI=1S/C24H26O5S/c1-18-4-14-24(15-5-18)30(25,26)29-17-21(20-8-12-23(28-3)13-9-20)16-19-6-10-22(27-2)11-7-19/h4-15,21H,16-17H2,1-3H3. The monoisotopic (exact) mass is 426 g/mol. The summed E-state index contributed by atoms with van der Waals surface area (Å²) in [4.78, 5) is 0.158. The summed E-state index contributed by atoms with van der Waals surface area (Å²) < 4.78 is 41.2. The minimum absolute atomic E-state index is 0.0363. The van der Waals surface area contributed by atoms with E-state index in [9.17, 15) is 8.42 Å². The van der Waals surface area contributed by atoms with Gasteiger partial charge in [0, 0.05) is 5.92 Å². The Labute approximate surface area is 178 Å². The van der Waals surface area contributed by atoms with E-state index in [0.29, 0.717) is 6.42 Å². The lowest BCUT2D eigenvalue weighted by atomic mass is 9.92. The Morgan fingerprint density at radius 1 is 0.767 bits per heavy atom. The van der Waals surface area contributed by atoms with Gasteiger partial charge in [0.05, 0.1) is 25.7 Å². The van der Waals surface area contributed by atoms with Crippen molar-refractivity contribution < 1.29 is 22.1 Å². The zero-order valence-corrected chi connectivity index (χ0v) is 18.2. The van der Waals surface area contributed by atoms with Gasteiger partial charge in [-0.25, -0.2) is 0 Å². The minimum atomic E-state index is -3.84. The van der Waals surface area contributed by atoms with E-state index in [4.69, 9.17) is 13.7 Å².